The van der Waals surface area contributed by atoms with Crippen molar-refractivity contribution in [2.24, 2.45) is 0 Å². The van der Waals surface area contributed by atoms with Crippen LogP contribution in [-0.4, -0.2) is 14.0 Å². The highest BCUT2D eigenvalue weighted by Gasteiger charge is 2.20. The second-order valence-electron chi connectivity index (χ2n) is 3.86. The fraction of sp³-hybridized carbons (Fsp3) is 0.500. The van der Waals surface area contributed by atoms with Crippen LogP contribution in [0.4, 0.5) is 0 Å². The molecule has 0 spiro atoms. The van der Waals surface area contributed by atoms with Crippen molar-refractivity contribution < 1.29 is 13.3 Å². The Morgan fingerprint density at radius 2 is 2.00 bits per heavy atom. The Hall–Kier alpha value is -0.140. The van der Waals surface area contributed by atoms with E-state index in [1.807, 2.05) is 0 Å². The molecule has 0 amide bonds. The third kappa shape index (κ3) is 4.08. The van der Waals surface area contributed by atoms with E-state index in [9.17, 15) is 8.42 Å². The van der Waals surface area contributed by atoms with Crippen LogP contribution in [0.1, 0.15) is 20.8 Å². The summed E-state index contributed by atoms with van der Waals surface area (Å²) in [6.45, 7) is 5.24. The molecule has 0 radical (unpaired) electrons. The second kappa shape index (κ2) is 4.39. The maximum atomic E-state index is 11.6. The number of hydrogen-bond donors (Lipinski definition) is 1. The van der Waals surface area contributed by atoms with E-state index >= 15 is 0 Å². The quantitative estimate of drug-likeness (QED) is 0.858. The molecule has 1 aromatic rings. The third-order valence-corrected chi connectivity index (χ3v) is 4.17. The molecule has 1 heterocycles. The number of halogens is 1. The van der Waals surface area contributed by atoms with E-state index in [1.54, 1.807) is 20.8 Å². The van der Waals surface area contributed by atoms with Gasteiger partial charge in [0.15, 0.2) is 0 Å². The predicted molar refractivity (Wildman–Crippen MR) is 60.5 cm³/mol. The Balaban J connectivity index is 2.77. The number of nitrogens with one attached hydrogen (secondary N) is 1. The van der Waals surface area contributed by atoms with Crippen molar-refractivity contribution in [1.82, 2.24) is 4.89 Å². The molecular formula is C8H12ClNO3S2. The van der Waals surface area contributed by atoms with Crippen LogP contribution < -0.4 is 4.89 Å². The van der Waals surface area contributed by atoms with Crippen molar-refractivity contribution in [2.75, 3.05) is 0 Å². The van der Waals surface area contributed by atoms with Crippen molar-refractivity contribution in [1.29, 1.82) is 0 Å². The number of thiophene rings is 1. The molecular weight excluding hydrogens is 258 g/mol. The molecule has 0 fully saturated rings. The zero-order valence-electron chi connectivity index (χ0n) is 8.57. The molecule has 1 N–H and O–H groups in total. The summed E-state index contributed by atoms with van der Waals surface area (Å²) in [5, 5.41) is 0. The lowest BCUT2D eigenvalue weighted by Crippen LogP contribution is -2.33. The van der Waals surface area contributed by atoms with Crippen molar-refractivity contribution in [3.63, 3.8) is 0 Å². The molecule has 0 bridgehead atoms. The maximum Gasteiger partial charge on any atom is 0.272 e. The minimum atomic E-state index is -3.61. The first-order valence-corrected chi connectivity index (χ1v) is 6.84. The lowest BCUT2D eigenvalue weighted by molar-refractivity contribution is -0.0356. The molecule has 0 saturated heterocycles. The monoisotopic (exact) mass is 269 g/mol. The number of rotatable bonds is 3. The summed E-state index contributed by atoms with van der Waals surface area (Å²) < 4.78 is 23.8. The zero-order chi connectivity index (χ0) is 11.7. The Morgan fingerprint density at radius 3 is 2.40 bits per heavy atom. The first kappa shape index (κ1) is 12.9. The summed E-state index contributed by atoms with van der Waals surface area (Å²) in [6, 6.07) is 2.96. The lowest BCUT2D eigenvalue weighted by Gasteiger charge is -2.18. The van der Waals surface area contributed by atoms with Gasteiger partial charge in [0.05, 0.1) is 9.94 Å². The van der Waals surface area contributed by atoms with E-state index in [-0.39, 0.29) is 4.21 Å². The molecule has 4 nitrogen and oxygen atoms in total. The number of sulfonamides is 1. The average Bonchev–Trinajstić information content (AvgIpc) is 2.48. The lowest BCUT2D eigenvalue weighted by atomic mass is 10.2. The van der Waals surface area contributed by atoms with Crippen LogP contribution in [0.5, 0.6) is 0 Å². The molecule has 86 valence electrons. The maximum absolute atomic E-state index is 11.6. The molecule has 0 unspecified atom stereocenters. The molecule has 0 aromatic carbocycles. The van der Waals surface area contributed by atoms with Gasteiger partial charge in [0, 0.05) is 0 Å². The Morgan fingerprint density at radius 1 is 1.40 bits per heavy atom. The molecule has 15 heavy (non-hydrogen) atoms. The average molecular weight is 270 g/mol. The van der Waals surface area contributed by atoms with Gasteiger partial charge in [-0.25, -0.2) is 8.42 Å². The highest BCUT2D eigenvalue weighted by Crippen LogP contribution is 2.25. The normalized spacial score (nSPS) is 13.1. The van der Waals surface area contributed by atoms with Gasteiger partial charge in [0.25, 0.3) is 10.0 Å². The molecule has 0 atom stereocenters. The Kier molecular flexibility index (Phi) is 3.78. The SMILES string of the molecule is CC(C)(C)ONS(=O)(=O)c1ccc(Cl)s1. The molecule has 0 aliphatic rings. The fourth-order valence-electron chi connectivity index (χ4n) is 0.663. The second-order valence-corrected chi connectivity index (χ2v) is 7.45. The van der Waals surface area contributed by atoms with Gasteiger partial charge in [-0.15, -0.1) is 11.3 Å². The smallest absolute Gasteiger partial charge is 0.272 e. The summed E-state index contributed by atoms with van der Waals surface area (Å²) in [5.74, 6) is 0. The van der Waals surface area contributed by atoms with Crippen LogP contribution in [0, 0.1) is 0 Å². The first-order valence-electron chi connectivity index (χ1n) is 4.16. The largest absolute Gasteiger partial charge is 0.281 e. The van der Waals surface area contributed by atoms with E-state index in [0.717, 1.165) is 11.3 Å². The number of hydrogen-bond acceptors (Lipinski definition) is 4. The van der Waals surface area contributed by atoms with Gasteiger partial charge in [0.2, 0.25) is 0 Å². The minimum absolute atomic E-state index is 0.136. The van der Waals surface area contributed by atoms with E-state index < -0.39 is 15.6 Å². The molecule has 1 aromatic heterocycles. The van der Waals surface area contributed by atoms with Gasteiger partial charge in [-0.05, 0) is 32.9 Å². The molecule has 0 aliphatic heterocycles. The van der Waals surface area contributed by atoms with E-state index in [2.05, 4.69) is 4.89 Å². The van der Waals surface area contributed by atoms with E-state index in [0.29, 0.717) is 4.34 Å². The highest BCUT2D eigenvalue weighted by molar-refractivity contribution is 7.91. The Bertz CT molecular complexity index is 433. The minimum Gasteiger partial charge on any atom is -0.281 e. The standard InChI is InChI=1S/C8H12ClNO3S2/c1-8(2,3)13-10-15(11,12)7-5-4-6(9)14-7/h4-5,10H,1-3H3. The molecule has 0 aliphatic carbocycles. The summed E-state index contributed by atoms with van der Waals surface area (Å²) in [7, 11) is -3.61. The molecule has 1 rings (SSSR count). The van der Waals surface area contributed by atoms with Crippen molar-refractivity contribution in [3.8, 4) is 0 Å². The van der Waals surface area contributed by atoms with E-state index in [4.69, 9.17) is 16.4 Å². The van der Waals surface area contributed by atoms with Gasteiger partial charge >= 0.3 is 0 Å². The van der Waals surface area contributed by atoms with Gasteiger partial charge in [-0.2, -0.15) is 0 Å². The first-order chi connectivity index (χ1) is 6.71. The van der Waals surface area contributed by atoms with Crippen molar-refractivity contribution >= 4 is 33.0 Å². The Labute approximate surface area is 98.2 Å². The van der Waals surface area contributed by atoms with Crippen molar-refractivity contribution in [2.45, 2.75) is 30.6 Å². The van der Waals surface area contributed by atoms with Crippen LogP contribution in [-0.2, 0) is 14.9 Å². The molecule has 0 saturated carbocycles. The topological polar surface area (TPSA) is 55.4 Å². The molecule has 7 heteroatoms. The highest BCUT2D eigenvalue weighted by atomic mass is 35.5. The van der Waals surface area contributed by atoms with Crippen LogP contribution in [0.15, 0.2) is 16.3 Å². The van der Waals surface area contributed by atoms with E-state index in [1.165, 1.54) is 12.1 Å². The van der Waals surface area contributed by atoms with Crippen LogP contribution >= 0.6 is 22.9 Å². The summed E-state index contributed by atoms with van der Waals surface area (Å²) >= 11 is 6.62. The third-order valence-electron chi connectivity index (χ3n) is 1.27. The van der Waals surface area contributed by atoms with Crippen LogP contribution in [0.2, 0.25) is 4.34 Å². The van der Waals surface area contributed by atoms with Gasteiger partial charge in [-0.3, -0.25) is 4.84 Å². The predicted octanol–water partition coefficient (Wildman–Crippen LogP) is 2.41. The summed E-state index contributed by atoms with van der Waals surface area (Å²) in [5.41, 5.74) is -0.575. The van der Waals surface area contributed by atoms with Gasteiger partial charge < -0.3 is 0 Å². The fourth-order valence-corrected chi connectivity index (χ4v) is 3.08. The van der Waals surface area contributed by atoms with Crippen LogP contribution in [0.3, 0.4) is 0 Å². The summed E-state index contributed by atoms with van der Waals surface area (Å²) in [6.07, 6.45) is 0. The van der Waals surface area contributed by atoms with Crippen molar-refractivity contribution in [3.05, 3.63) is 16.5 Å². The zero-order valence-corrected chi connectivity index (χ0v) is 11.0. The van der Waals surface area contributed by atoms with Crippen LogP contribution in [0.25, 0.3) is 0 Å². The summed E-state index contributed by atoms with van der Waals surface area (Å²) in [4.78, 5) is 7.04. The van der Waals surface area contributed by atoms with Gasteiger partial charge in [-0.1, -0.05) is 16.5 Å². The van der Waals surface area contributed by atoms with Gasteiger partial charge in [0.1, 0.15) is 4.21 Å².